The van der Waals surface area contributed by atoms with Crippen molar-refractivity contribution >= 4 is 5.97 Å². The van der Waals surface area contributed by atoms with Gasteiger partial charge in [-0.05, 0) is 17.9 Å². The lowest BCUT2D eigenvalue weighted by molar-refractivity contribution is -0.486. The molecule has 0 radical (unpaired) electrons. The second-order valence-corrected chi connectivity index (χ2v) is 3.16. The largest absolute Gasteiger partial charge is 0.345 e. The molecule has 0 heterocycles. The van der Waals surface area contributed by atoms with Gasteiger partial charge in [0, 0.05) is 6.42 Å². The van der Waals surface area contributed by atoms with Crippen molar-refractivity contribution in [3.05, 3.63) is 0 Å². The molecule has 0 saturated heterocycles. The highest BCUT2D eigenvalue weighted by Gasteiger charge is 2.03. The van der Waals surface area contributed by atoms with Crippen LogP contribution in [0.2, 0.25) is 0 Å². The van der Waals surface area contributed by atoms with Gasteiger partial charge in [0.15, 0.2) is 0 Å². The molecule has 0 fully saturated rings. The molecule has 0 rings (SSSR count). The number of rotatable bonds is 9. The summed E-state index contributed by atoms with van der Waals surface area (Å²) >= 11 is 0. The van der Waals surface area contributed by atoms with Crippen molar-refractivity contribution < 1.29 is 19.6 Å². The molecular weight excluding hydrogens is 184 g/mol. The Hall–Kier alpha value is -0.610. The maximum Gasteiger partial charge on any atom is 0.345 e. The number of unbranched alkanes of at least 4 members (excludes halogenated alkanes) is 3. The van der Waals surface area contributed by atoms with E-state index in [9.17, 15) is 4.79 Å². The van der Waals surface area contributed by atoms with Crippen molar-refractivity contribution in [1.82, 2.24) is 0 Å². The van der Waals surface area contributed by atoms with Crippen LogP contribution < -0.4 is 0 Å². The summed E-state index contributed by atoms with van der Waals surface area (Å²) in [5.74, 6) is -0.366. The van der Waals surface area contributed by atoms with E-state index in [1.54, 1.807) is 0 Å². The molecule has 14 heavy (non-hydrogen) atoms. The molecule has 84 valence electrons. The van der Waals surface area contributed by atoms with Crippen LogP contribution in [0.1, 0.15) is 52.4 Å². The number of hydrogen-bond donors (Lipinski definition) is 0. The fourth-order valence-corrected chi connectivity index (χ4v) is 0.860. The summed E-state index contributed by atoms with van der Waals surface area (Å²) < 4.78 is 0. The standard InChI is InChI=1S/C10H20O4/c1-3-5-7-8-10(11)13-14-12-9-6-4-2/h3-9H2,1-2H3. The summed E-state index contributed by atoms with van der Waals surface area (Å²) in [4.78, 5) is 19.9. The molecule has 0 aromatic carbocycles. The summed E-state index contributed by atoms with van der Waals surface area (Å²) in [7, 11) is 0. The van der Waals surface area contributed by atoms with Crippen LogP contribution in [-0.4, -0.2) is 12.6 Å². The predicted octanol–water partition coefficient (Wildman–Crippen LogP) is 2.77. The van der Waals surface area contributed by atoms with E-state index in [2.05, 4.69) is 21.7 Å². The van der Waals surface area contributed by atoms with E-state index in [0.717, 1.165) is 32.1 Å². The van der Waals surface area contributed by atoms with Crippen LogP contribution in [0, 0.1) is 0 Å². The Morgan fingerprint density at radius 3 is 2.43 bits per heavy atom. The van der Waals surface area contributed by atoms with Crippen molar-refractivity contribution in [1.29, 1.82) is 0 Å². The van der Waals surface area contributed by atoms with E-state index < -0.39 is 0 Å². The summed E-state index contributed by atoms with van der Waals surface area (Å²) in [6.07, 6.45) is 5.27. The predicted molar refractivity (Wildman–Crippen MR) is 52.2 cm³/mol. The first kappa shape index (κ1) is 13.4. The Kier molecular flexibility index (Phi) is 10.0. The summed E-state index contributed by atoms with van der Waals surface area (Å²) in [5.41, 5.74) is 0. The van der Waals surface area contributed by atoms with Gasteiger partial charge in [0.25, 0.3) is 0 Å². The lowest BCUT2D eigenvalue weighted by atomic mass is 10.2. The molecule has 0 aromatic heterocycles. The van der Waals surface area contributed by atoms with Gasteiger partial charge in [-0.25, -0.2) is 4.79 Å². The molecule has 0 aromatic rings. The van der Waals surface area contributed by atoms with Crippen molar-refractivity contribution in [2.24, 2.45) is 0 Å². The molecule has 0 amide bonds. The molecule has 4 heteroatoms. The molecule has 0 unspecified atom stereocenters. The minimum atomic E-state index is -0.366. The van der Waals surface area contributed by atoms with E-state index in [-0.39, 0.29) is 5.97 Å². The van der Waals surface area contributed by atoms with Gasteiger partial charge >= 0.3 is 5.97 Å². The third-order valence-electron chi connectivity index (χ3n) is 1.74. The topological polar surface area (TPSA) is 44.8 Å². The smallest absolute Gasteiger partial charge is 0.269 e. The van der Waals surface area contributed by atoms with E-state index in [4.69, 9.17) is 0 Å². The first-order valence-corrected chi connectivity index (χ1v) is 5.30. The van der Waals surface area contributed by atoms with Gasteiger partial charge in [-0.15, -0.1) is 0 Å². The van der Waals surface area contributed by atoms with Crippen molar-refractivity contribution in [2.45, 2.75) is 52.4 Å². The highest BCUT2D eigenvalue weighted by atomic mass is 17.5. The summed E-state index contributed by atoms with van der Waals surface area (Å²) in [6, 6.07) is 0. The monoisotopic (exact) mass is 204 g/mol. The molecule has 0 spiro atoms. The number of hydrogen-bond acceptors (Lipinski definition) is 4. The van der Waals surface area contributed by atoms with Crippen LogP contribution in [0.15, 0.2) is 0 Å². The first-order chi connectivity index (χ1) is 6.81. The first-order valence-electron chi connectivity index (χ1n) is 5.30. The molecule has 0 N–H and O–H groups in total. The van der Waals surface area contributed by atoms with Crippen molar-refractivity contribution in [3.63, 3.8) is 0 Å². The van der Waals surface area contributed by atoms with Crippen molar-refractivity contribution in [2.75, 3.05) is 6.61 Å². The fourth-order valence-electron chi connectivity index (χ4n) is 0.860. The number of carbonyl (C=O) groups is 1. The molecule has 0 saturated carbocycles. The summed E-state index contributed by atoms with van der Waals surface area (Å²) in [6.45, 7) is 4.58. The van der Waals surface area contributed by atoms with Gasteiger partial charge in [0.1, 0.15) is 0 Å². The molecule has 0 bridgehead atoms. The Morgan fingerprint density at radius 1 is 1.07 bits per heavy atom. The third kappa shape index (κ3) is 9.48. The SMILES string of the molecule is CCCCCC(=O)OOOCCCC. The highest BCUT2D eigenvalue weighted by Crippen LogP contribution is 2.01. The average molecular weight is 204 g/mol. The fraction of sp³-hybridized carbons (Fsp3) is 0.900. The van der Waals surface area contributed by atoms with Gasteiger partial charge in [0.2, 0.25) is 0 Å². The molecule has 0 aliphatic carbocycles. The Morgan fingerprint density at radius 2 is 1.79 bits per heavy atom. The van der Waals surface area contributed by atoms with Crippen LogP contribution in [0.4, 0.5) is 0 Å². The van der Waals surface area contributed by atoms with Gasteiger partial charge in [-0.2, -0.15) is 4.89 Å². The van der Waals surface area contributed by atoms with Crippen LogP contribution in [0.25, 0.3) is 0 Å². The van der Waals surface area contributed by atoms with E-state index in [0.29, 0.717) is 13.0 Å². The molecule has 0 atom stereocenters. The van der Waals surface area contributed by atoms with E-state index in [1.165, 1.54) is 0 Å². The zero-order chi connectivity index (χ0) is 10.6. The van der Waals surface area contributed by atoms with Crippen LogP contribution in [-0.2, 0) is 19.6 Å². The van der Waals surface area contributed by atoms with Gasteiger partial charge in [-0.1, -0.05) is 33.1 Å². The highest BCUT2D eigenvalue weighted by molar-refractivity contribution is 5.68. The third-order valence-corrected chi connectivity index (χ3v) is 1.74. The molecular formula is C10H20O4. The second-order valence-electron chi connectivity index (χ2n) is 3.16. The van der Waals surface area contributed by atoms with E-state index >= 15 is 0 Å². The van der Waals surface area contributed by atoms with Crippen LogP contribution in [0.3, 0.4) is 0 Å². The molecule has 0 aliphatic heterocycles. The molecule has 4 nitrogen and oxygen atoms in total. The normalized spacial score (nSPS) is 10.1. The zero-order valence-corrected chi connectivity index (χ0v) is 9.08. The Bertz CT molecular complexity index is 136. The zero-order valence-electron chi connectivity index (χ0n) is 9.08. The number of carbonyl (C=O) groups excluding carboxylic acids is 1. The van der Waals surface area contributed by atoms with Crippen LogP contribution in [0.5, 0.6) is 0 Å². The van der Waals surface area contributed by atoms with Gasteiger partial charge in [-0.3, -0.25) is 4.89 Å². The lowest BCUT2D eigenvalue weighted by Gasteiger charge is -2.01. The maximum atomic E-state index is 10.9. The minimum Gasteiger partial charge on any atom is -0.269 e. The quantitative estimate of drug-likeness (QED) is 0.329. The minimum absolute atomic E-state index is 0.366. The second kappa shape index (κ2) is 10.5. The van der Waals surface area contributed by atoms with Crippen molar-refractivity contribution in [3.8, 4) is 0 Å². The lowest BCUT2D eigenvalue weighted by Crippen LogP contribution is -2.06. The van der Waals surface area contributed by atoms with Gasteiger partial charge < -0.3 is 0 Å². The van der Waals surface area contributed by atoms with Crippen LogP contribution >= 0.6 is 0 Å². The Labute approximate surface area is 85.4 Å². The Balaban J connectivity index is 3.10. The van der Waals surface area contributed by atoms with E-state index in [1.807, 2.05) is 6.92 Å². The van der Waals surface area contributed by atoms with Gasteiger partial charge in [0.05, 0.1) is 6.61 Å². The average Bonchev–Trinajstić information content (AvgIpc) is 2.18. The molecule has 0 aliphatic rings. The summed E-state index contributed by atoms with van der Waals surface area (Å²) in [5, 5.41) is 4.28. The maximum absolute atomic E-state index is 10.9.